The summed E-state index contributed by atoms with van der Waals surface area (Å²) >= 11 is 6.73. The lowest BCUT2D eigenvalue weighted by atomic mass is 9.96. The first-order valence-electron chi connectivity index (χ1n) is 14.3. The lowest BCUT2D eigenvalue weighted by molar-refractivity contribution is -0.137. The smallest absolute Gasteiger partial charge is 0.303 e. The number of unbranched alkanes of at least 4 members (excludes halogenated alkanes) is 7. The molecule has 2 saturated heterocycles. The molecular weight excluding hydrogens is 562 g/mol. The molecule has 10 nitrogen and oxygen atoms in total. The molecule has 220 valence electrons. The molecule has 0 bridgehead atoms. The summed E-state index contributed by atoms with van der Waals surface area (Å²) in [4.78, 5) is 57.9. The number of aliphatic carboxylic acids is 1. The van der Waals surface area contributed by atoms with Crippen molar-refractivity contribution in [3.05, 3.63) is 45.2 Å². The molecule has 0 saturated carbocycles. The molecule has 0 atom stereocenters. The Morgan fingerprint density at radius 1 is 1.05 bits per heavy atom. The summed E-state index contributed by atoms with van der Waals surface area (Å²) in [6, 6.07) is 5.35. The summed E-state index contributed by atoms with van der Waals surface area (Å²) in [5, 5.41) is 8.70. The minimum atomic E-state index is -0.737. The Balaban J connectivity index is 1.40. The number of amides is 2. The van der Waals surface area contributed by atoms with Crippen molar-refractivity contribution >= 4 is 63.6 Å². The van der Waals surface area contributed by atoms with Crippen LogP contribution in [0.25, 0.3) is 11.7 Å². The number of hydrogen-bond donors (Lipinski definition) is 2. The van der Waals surface area contributed by atoms with Gasteiger partial charge in [0.25, 0.3) is 11.5 Å². The Morgan fingerprint density at radius 3 is 2.37 bits per heavy atom. The Labute approximate surface area is 249 Å². The van der Waals surface area contributed by atoms with Gasteiger partial charge in [-0.3, -0.25) is 28.5 Å². The van der Waals surface area contributed by atoms with Gasteiger partial charge in [0.2, 0.25) is 5.91 Å². The fraction of sp³-hybridized carbons (Fsp3) is 0.517. The third kappa shape index (κ3) is 7.94. The number of primary amides is 1. The standard InChI is InChI=1S/C29H37N5O5S2/c30-25(37)20-13-17-32(18-14-20)26-21(27(38)33-15-10-8-11-23(33)31-26)19-22-28(39)34(29(40)41-22)16-9-6-4-2-1-3-5-7-12-24(35)36/h8,10-11,15,19-20H,1-7,9,12-14,16-18H2,(H2,30,37)(H,35,36). The Morgan fingerprint density at radius 2 is 1.71 bits per heavy atom. The molecule has 0 radical (unpaired) electrons. The quantitative estimate of drug-likeness (QED) is 0.186. The number of piperidine rings is 1. The molecule has 41 heavy (non-hydrogen) atoms. The molecule has 2 aromatic heterocycles. The van der Waals surface area contributed by atoms with Gasteiger partial charge >= 0.3 is 5.97 Å². The fourth-order valence-electron chi connectivity index (χ4n) is 5.26. The van der Waals surface area contributed by atoms with Crippen LogP contribution in [0.5, 0.6) is 0 Å². The molecule has 2 aliphatic rings. The van der Waals surface area contributed by atoms with Crippen molar-refractivity contribution in [1.82, 2.24) is 14.3 Å². The molecule has 12 heteroatoms. The number of thiocarbonyl (C=S) groups is 1. The van der Waals surface area contributed by atoms with E-state index >= 15 is 0 Å². The molecule has 3 N–H and O–H groups in total. The number of aromatic nitrogens is 2. The highest BCUT2D eigenvalue weighted by Crippen LogP contribution is 2.34. The second-order valence-corrected chi connectivity index (χ2v) is 12.2. The van der Waals surface area contributed by atoms with Gasteiger partial charge < -0.3 is 15.7 Å². The summed E-state index contributed by atoms with van der Waals surface area (Å²) in [6.07, 6.45) is 12.4. The molecule has 0 aliphatic carbocycles. The Bertz CT molecular complexity index is 1380. The minimum absolute atomic E-state index is 0.198. The van der Waals surface area contributed by atoms with Crippen molar-refractivity contribution in [2.45, 2.75) is 70.6 Å². The van der Waals surface area contributed by atoms with Crippen LogP contribution in [-0.4, -0.2) is 61.1 Å². The van der Waals surface area contributed by atoms with Crippen molar-refractivity contribution in [3.63, 3.8) is 0 Å². The van der Waals surface area contributed by atoms with Gasteiger partial charge in [-0.25, -0.2) is 4.98 Å². The molecule has 0 aromatic carbocycles. The number of carbonyl (C=O) groups is 3. The highest BCUT2D eigenvalue weighted by atomic mass is 32.2. The maximum atomic E-state index is 13.6. The molecule has 4 heterocycles. The van der Waals surface area contributed by atoms with Crippen LogP contribution >= 0.6 is 24.0 Å². The van der Waals surface area contributed by atoms with E-state index in [-0.39, 0.29) is 29.7 Å². The lowest BCUT2D eigenvalue weighted by Gasteiger charge is -2.32. The molecule has 2 aliphatic heterocycles. The van der Waals surface area contributed by atoms with Crippen LogP contribution in [0.1, 0.15) is 76.2 Å². The first-order valence-corrected chi connectivity index (χ1v) is 15.5. The van der Waals surface area contributed by atoms with Crippen LogP contribution < -0.4 is 16.2 Å². The van der Waals surface area contributed by atoms with Gasteiger partial charge in [0.05, 0.1) is 10.5 Å². The number of rotatable bonds is 14. The first-order chi connectivity index (χ1) is 19.8. The van der Waals surface area contributed by atoms with Crippen LogP contribution in [0, 0.1) is 5.92 Å². The Kier molecular flexibility index (Phi) is 10.9. The van der Waals surface area contributed by atoms with E-state index in [2.05, 4.69) is 0 Å². The summed E-state index contributed by atoms with van der Waals surface area (Å²) in [7, 11) is 0. The number of thioether (sulfide) groups is 1. The summed E-state index contributed by atoms with van der Waals surface area (Å²) in [5.41, 5.74) is 6.08. The van der Waals surface area contributed by atoms with Crippen molar-refractivity contribution in [3.8, 4) is 0 Å². The zero-order valence-corrected chi connectivity index (χ0v) is 24.8. The first kappa shape index (κ1) is 30.7. The third-order valence-electron chi connectivity index (χ3n) is 7.62. The van der Waals surface area contributed by atoms with Crippen LogP contribution in [0.2, 0.25) is 0 Å². The second kappa shape index (κ2) is 14.6. The second-order valence-electron chi connectivity index (χ2n) is 10.6. The van der Waals surface area contributed by atoms with Gasteiger partial charge in [-0.2, -0.15) is 0 Å². The van der Waals surface area contributed by atoms with Gasteiger partial charge in [0, 0.05) is 38.2 Å². The molecule has 2 fully saturated rings. The number of hydrogen-bond acceptors (Lipinski definition) is 8. The third-order valence-corrected chi connectivity index (χ3v) is 8.99. The fourth-order valence-corrected chi connectivity index (χ4v) is 6.56. The number of pyridine rings is 1. The molecule has 4 rings (SSSR count). The predicted octanol–water partition coefficient (Wildman–Crippen LogP) is 4.19. The van der Waals surface area contributed by atoms with Crippen molar-refractivity contribution < 1.29 is 19.5 Å². The van der Waals surface area contributed by atoms with Crippen molar-refractivity contribution in [1.29, 1.82) is 0 Å². The van der Waals surface area contributed by atoms with Crippen molar-refractivity contribution in [2.24, 2.45) is 11.7 Å². The normalized spacial score (nSPS) is 17.2. The van der Waals surface area contributed by atoms with Gasteiger partial charge in [0.15, 0.2) is 0 Å². The number of carbonyl (C=O) groups excluding carboxylic acids is 2. The number of carboxylic acid groups (broad SMARTS) is 1. The molecule has 2 aromatic rings. The van der Waals surface area contributed by atoms with Gasteiger partial charge in [-0.05, 0) is 43.9 Å². The average Bonchev–Trinajstić information content (AvgIpc) is 3.22. The zero-order valence-electron chi connectivity index (χ0n) is 23.1. The van der Waals surface area contributed by atoms with E-state index in [0.717, 1.165) is 51.4 Å². The van der Waals surface area contributed by atoms with Crippen LogP contribution in [-0.2, 0) is 14.4 Å². The highest BCUT2D eigenvalue weighted by Gasteiger charge is 2.33. The minimum Gasteiger partial charge on any atom is -0.481 e. The van der Waals surface area contributed by atoms with Gasteiger partial charge in [-0.1, -0.05) is 68.6 Å². The van der Waals surface area contributed by atoms with E-state index in [1.54, 1.807) is 29.3 Å². The number of carboxylic acids is 1. The van der Waals surface area contributed by atoms with E-state index in [1.165, 1.54) is 16.2 Å². The van der Waals surface area contributed by atoms with E-state index < -0.39 is 5.97 Å². The van der Waals surface area contributed by atoms with Crippen LogP contribution in [0.15, 0.2) is 34.1 Å². The average molecular weight is 600 g/mol. The predicted molar refractivity (Wildman–Crippen MR) is 165 cm³/mol. The molecule has 0 unspecified atom stereocenters. The lowest BCUT2D eigenvalue weighted by Crippen LogP contribution is -2.40. The monoisotopic (exact) mass is 599 g/mol. The van der Waals surface area contributed by atoms with E-state index in [4.69, 9.17) is 28.0 Å². The molecule has 2 amide bonds. The molecule has 0 spiro atoms. The van der Waals surface area contributed by atoms with E-state index in [0.29, 0.717) is 58.7 Å². The summed E-state index contributed by atoms with van der Waals surface area (Å²) < 4.78 is 1.95. The summed E-state index contributed by atoms with van der Waals surface area (Å²) in [6.45, 7) is 1.60. The van der Waals surface area contributed by atoms with Crippen LogP contribution in [0.3, 0.4) is 0 Å². The number of nitrogens with zero attached hydrogens (tertiary/aromatic N) is 4. The SMILES string of the molecule is NC(=O)C1CCN(c2nc3ccccn3c(=O)c2C=C2SC(=S)N(CCCCCCCCCCC(=O)O)C2=O)CC1. The van der Waals surface area contributed by atoms with Gasteiger partial charge in [0.1, 0.15) is 15.8 Å². The Hall–Kier alpha value is -3.25. The highest BCUT2D eigenvalue weighted by molar-refractivity contribution is 8.26. The topological polar surface area (TPSA) is 138 Å². The zero-order chi connectivity index (χ0) is 29.4. The number of nitrogens with two attached hydrogens (primary N) is 1. The van der Waals surface area contributed by atoms with Crippen molar-refractivity contribution in [2.75, 3.05) is 24.5 Å². The maximum absolute atomic E-state index is 13.6. The molecular formula is C29H37N5O5S2. The van der Waals surface area contributed by atoms with E-state index in [9.17, 15) is 19.2 Å². The van der Waals surface area contributed by atoms with Gasteiger partial charge in [-0.15, -0.1) is 0 Å². The summed E-state index contributed by atoms with van der Waals surface area (Å²) in [5.74, 6) is -0.949. The number of fused-ring (bicyclic) bond motifs is 1. The number of anilines is 1. The van der Waals surface area contributed by atoms with E-state index in [1.807, 2.05) is 11.0 Å². The van der Waals surface area contributed by atoms with Crippen LogP contribution in [0.4, 0.5) is 5.82 Å². The maximum Gasteiger partial charge on any atom is 0.303 e. The largest absolute Gasteiger partial charge is 0.481 e.